The van der Waals surface area contributed by atoms with Gasteiger partial charge in [0.05, 0.1) is 17.3 Å². The number of fused-ring (bicyclic) bond motifs is 2. The van der Waals surface area contributed by atoms with E-state index in [-0.39, 0.29) is 12.4 Å². The van der Waals surface area contributed by atoms with Crippen molar-refractivity contribution in [3.05, 3.63) is 18.0 Å². The predicted molar refractivity (Wildman–Crippen MR) is 84.8 cm³/mol. The quantitative estimate of drug-likeness (QED) is 0.902. The lowest BCUT2D eigenvalue weighted by atomic mass is 9.84. The van der Waals surface area contributed by atoms with Crippen molar-refractivity contribution in [3.63, 3.8) is 0 Å². The van der Waals surface area contributed by atoms with Gasteiger partial charge in [-0.25, -0.2) is 0 Å². The highest BCUT2D eigenvalue weighted by atomic mass is 35.5. The van der Waals surface area contributed by atoms with Crippen LogP contribution in [0.25, 0.3) is 0 Å². The molecule has 1 aliphatic carbocycles. The Labute approximate surface area is 132 Å². The van der Waals surface area contributed by atoms with Crippen molar-refractivity contribution in [3.8, 4) is 0 Å². The van der Waals surface area contributed by atoms with E-state index in [1.54, 1.807) is 0 Å². The highest BCUT2D eigenvalue weighted by Gasteiger charge is 2.42. The van der Waals surface area contributed by atoms with Crippen molar-refractivity contribution in [2.45, 2.75) is 81.5 Å². The van der Waals surface area contributed by atoms with Crippen molar-refractivity contribution in [1.29, 1.82) is 0 Å². The molecule has 2 N–H and O–H groups in total. The molecule has 2 bridgehead atoms. The summed E-state index contributed by atoms with van der Waals surface area (Å²) >= 11 is 0. The third-order valence-electron chi connectivity index (χ3n) is 5.46. The first-order chi connectivity index (χ1) is 9.70. The van der Waals surface area contributed by atoms with Crippen molar-refractivity contribution >= 4 is 12.4 Å². The minimum absolute atomic E-state index is 0. The monoisotopic (exact) mass is 311 g/mol. The van der Waals surface area contributed by atoms with Crippen LogP contribution in [-0.4, -0.2) is 32.6 Å². The Hall–Kier alpha value is -0.580. The molecule has 5 heteroatoms. The van der Waals surface area contributed by atoms with Gasteiger partial charge >= 0.3 is 0 Å². The summed E-state index contributed by atoms with van der Waals surface area (Å²) in [6, 6.07) is 3.76. The van der Waals surface area contributed by atoms with Gasteiger partial charge in [-0.05, 0) is 44.6 Å². The topological polar surface area (TPSA) is 50.1 Å². The number of hydrogen-bond donors (Lipinski definition) is 2. The van der Waals surface area contributed by atoms with Crippen LogP contribution >= 0.6 is 12.4 Å². The van der Waals surface area contributed by atoms with E-state index in [9.17, 15) is 5.11 Å². The first-order valence-electron chi connectivity index (χ1n) is 8.23. The summed E-state index contributed by atoms with van der Waals surface area (Å²) in [4.78, 5) is 0. The molecule has 2 aliphatic heterocycles. The van der Waals surface area contributed by atoms with Crippen molar-refractivity contribution in [2.24, 2.45) is 0 Å². The molecule has 2 saturated heterocycles. The zero-order valence-electron chi connectivity index (χ0n) is 12.5. The van der Waals surface area contributed by atoms with Gasteiger partial charge in [-0.15, -0.1) is 12.4 Å². The van der Waals surface area contributed by atoms with Gasteiger partial charge in [0.1, 0.15) is 0 Å². The molecule has 1 saturated carbocycles. The highest BCUT2D eigenvalue weighted by Crippen LogP contribution is 2.36. The molecular formula is C16H26ClN3O. The summed E-state index contributed by atoms with van der Waals surface area (Å²) in [5.41, 5.74) is 0.534. The number of rotatable bonds is 3. The van der Waals surface area contributed by atoms with Gasteiger partial charge in [-0.3, -0.25) is 4.68 Å². The average Bonchev–Trinajstić information content (AvgIpc) is 3.09. The van der Waals surface area contributed by atoms with Gasteiger partial charge < -0.3 is 10.4 Å². The standard InChI is InChI=1S/C16H25N3O.ClH/c20-16(9-12-5-6-13(10-16)17-12)11-14-7-8-19(18-14)15-3-1-2-4-15;/h7-8,12-13,15,17,20H,1-6,9-11H2;1H. The van der Waals surface area contributed by atoms with Gasteiger partial charge in [-0.2, -0.15) is 5.10 Å². The van der Waals surface area contributed by atoms with Gasteiger partial charge in [0.15, 0.2) is 0 Å². The molecule has 21 heavy (non-hydrogen) atoms. The summed E-state index contributed by atoms with van der Waals surface area (Å²) in [5, 5.41) is 19.2. The van der Waals surface area contributed by atoms with E-state index in [0.29, 0.717) is 18.1 Å². The smallest absolute Gasteiger partial charge is 0.0733 e. The molecule has 3 heterocycles. The third-order valence-corrected chi connectivity index (χ3v) is 5.46. The molecule has 0 amide bonds. The van der Waals surface area contributed by atoms with Crippen LogP contribution in [0, 0.1) is 0 Å². The predicted octanol–water partition coefficient (Wildman–Crippen LogP) is 2.61. The summed E-state index contributed by atoms with van der Waals surface area (Å²) in [7, 11) is 0. The van der Waals surface area contributed by atoms with Crippen LogP contribution < -0.4 is 5.32 Å². The maximum Gasteiger partial charge on any atom is 0.0733 e. The number of hydrogen-bond acceptors (Lipinski definition) is 3. The van der Waals surface area contributed by atoms with Gasteiger partial charge in [0.25, 0.3) is 0 Å². The first-order valence-corrected chi connectivity index (χ1v) is 8.23. The van der Waals surface area contributed by atoms with Crippen molar-refractivity contribution in [2.75, 3.05) is 0 Å². The Morgan fingerprint density at radius 2 is 1.86 bits per heavy atom. The Morgan fingerprint density at radius 3 is 2.52 bits per heavy atom. The zero-order chi connectivity index (χ0) is 13.6. The number of halogens is 1. The van der Waals surface area contributed by atoms with Crippen LogP contribution in [0.1, 0.15) is 63.1 Å². The van der Waals surface area contributed by atoms with Gasteiger partial charge in [-0.1, -0.05) is 12.8 Å². The van der Waals surface area contributed by atoms with E-state index < -0.39 is 5.60 Å². The van der Waals surface area contributed by atoms with Crippen LogP contribution in [0.5, 0.6) is 0 Å². The number of aromatic nitrogens is 2. The molecule has 0 radical (unpaired) electrons. The normalized spacial score (nSPS) is 35.9. The molecular weight excluding hydrogens is 286 g/mol. The van der Waals surface area contributed by atoms with E-state index >= 15 is 0 Å². The van der Waals surface area contributed by atoms with Crippen LogP contribution in [-0.2, 0) is 6.42 Å². The molecule has 4 rings (SSSR count). The lowest BCUT2D eigenvalue weighted by Crippen LogP contribution is -2.49. The maximum atomic E-state index is 10.9. The molecule has 0 spiro atoms. The molecule has 1 aromatic heterocycles. The summed E-state index contributed by atoms with van der Waals surface area (Å²) in [6.07, 6.45) is 12.3. The molecule has 0 aromatic carbocycles. The Kier molecular flexibility index (Phi) is 4.30. The molecule has 3 aliphatic rings. The molecule has 4 nitrogen and oxygen atoms in total. The number of aliphatic hydroxyl groups is 1. The number of nitrogens with zero attached hydrogens (tertiary/aromatic N) is 2. The number of piperidine rings is 1. The van der Waals surface area contributed by atoms with Crippen LogP contribution in [0.15, 0.2) is 12.3 Å². The van der Waals surface area contributed by atoms with E-state index in [0.717, 1.165) is 25.0 Å². The van der Waals surface area contributed by atoms with Crippen LogP contribution in [0.3, 0.4) is 0 Å². The van der Waals surface area contributed by atoms with E-state index in [2.05, 4.69) is 22.3 Å². The molecule has 2 unspecified atom stereocenters. The first kappa shape index (κ1) is 15.3. The maximum absolute atomic E-state index is 10.9. The minimum atomic E-state index is -0.536. The summed E-state index contributed by atoms with van der Waals surface area (Å²) in [6.45, 7) is 0. The SMILES string of the molecule is Cl.OC1(Cc2ccn(C3CCCC3)n2)CC2CCC(C1)N2. The third kappa shape index (κ3) is 3.13. The van der Waals surface area contributed by atoms with E-state index in [4.69, 9.17) is 5.10 Å². The molecule has 3 fully saturated rings. The van der Waals surface area contributed by atoms with E-state index in [1.807, 2.05) is 0 Å². The van der Waals surface area contributed by atoms with E-state index in [1.165, 1.54) is 38.5 Å². The fraction of sp³-hybridized carbons (Fsp3) is 0.812. The Balaban J connectivity index is 0.00000132. The lowest BCUT2D eigenvalue weighted by Gasteiger charge is -2.36. The summed E-state index contributed by atoms with van der Waals surface area (Å²) < 4.78 is 2.14. The fourth-order valence-electron chi connectivity index (χ4n) is 4.55. The molecule has 2 atom stereocenters. The van der Waals surface area contributed by atoms with Crippen LogP contribution in [0.4, 0.5) is 0 Å². The average molecular weight is 312 g/mol. The largest absolute Gasteiger partial charge is 0.389 e. The minimum Gasteiger partial charge on any atom is -0.389 e. The molecule has 1 aromatic rings. The fourth-order valence-corrected chi connectivity index (χ4v) is 4.55. The number of nitrogens with one attached hydrogen (secondary N) is 1. The second kappa shape index (κ2) is 5.90. The second-order valence-corrected chi connectivity index (χ2v) is 7.17. The zero-order valence-corrected chi connectivity index (χ0v) is 13.3. The Bertz CT molecular complexity index is 472. The van der Waals surface area contributed by atoms with Gasteiger partial charge in [0, 0.05) is 24.7 Å². The Morgan fingerprint density at radius 1 is 1.19 bits per heavy atom. The van der Waals surface area contributed by atoms with Crippen molar-refractivity contribution in [1.82, 2.24) is 15.1 Å². The van der Waals surface area contributed by atoms with Crippen LogP contribution in [0.2, 0.25) is 0 Å². The second-order valence-electron chi connectivity index (χ2n) is 7.17. The summed E-state index contributed by atoms with van der Waals surface area (Å²) in [5.74, 6) is 0. The molecule has 118 valence electrons. The highest BCUT2D eigenvalue weighted by molar-refractivity contribution is 5.85. The van der Waals surface area contributed by atoms with Crippen molar-refractivity contribution < 1.29 is 5.11 Å². The lowest BCUT2D eigenvalue weighted by molar-refractivity contribution is -0.00699. The van der Waals surface area contributed by atoms with Gasteiger partial charge in [0.2, 0.25) is 0 Å².